The van der Waals surface area contributed by atoms with Gasteiger partial charge in [0, 0.05) is 37.8 Å². The molecule has 2 aromatic rings. The molecule has 1 aliphatic heterocycles. The Morgan fingerprint density at radius 3 is 2.50 bits per heavy atom. The monoisotopic (exact) mass is 424 g/mol. The molecule has 2 aliphatic rings. The number of carbonyl (C=O) groups is 1. The average Bonchev–Trinajstić information content (AvgIpc) is 2.65. The Kier molecular flexibility index (Phi) is 5.26. The standard InChI is InChI=1S/C23H28N4O2S/c1-6-30-22-25-20-19(21(29)26-22)17(13-7-9-14(10-8-13)27(4)5)18-15(24-20)11-23(2,3)12-16(18)28/h7-11,17-18H,6,12H2,1-5H3,(H2,24,25,26,29)/t17-,18-/m0/s1. The Hall–Kier alpha value is -2.54. The molecule has 0 unspecified atom stereocenters. The highest BCUT2D eigenvalue weighted by Gasteiger charge is 2.45. The van der Waals surface area contributed by atoms with E-state index in [0.29, 0.717) is 23.0 Å². The van der Waals surface area contributed by atoms with Gasteiger partial charge in [0.25, 0.3) is 5.56 Å². The van der Waals surface area contributed by atoms with Crippen LogP contribution in [0.4, 0.5) is 11.5 Å². The van der Waals surface area contributed by atoms with Gasteiger partial charge in [0.1, 0.15) is 11.6 Å². The van der Waals surface area contributed by atoms with E-state index < -0.39 is 5.92 Å². The van der Waals surface area contributed by atoms with Gasteiger partial charge in [0.05, 0.1) is 11.5 Å². The van der Waals surface area contributed by atoms with Crippen molar-refractivity contribution in [3.05, 3.63) is 57.5 Å². The zero-order valence-electron chi connectivity index (χ0n) is 18.1. The number of nitrogens with zero attached hydrogens (tertiary/aromatic N) is 2. The lowest BCUT2D eigenvalue weighted by molar-refractivity contribution is -0.124. The maximum absolute atomic E-state index is 13.3. The highest BCUT2D eigenvalue weighted by molar-refractivity contribution is 7.99. The van der Waals surface area contributed by atoms with Crippen LogP contribution in [-0.2, 0) is 4.79 Å². The van der Waals surface area contributed by atoms with E-state index in [-0.39, 0.29) is 22.7 Å². The van der Waals surface area contributed by atoms with Crippen molar-refractivity contribution in [2.75, 3.05) is 30.1 Å². The molecule has 1 aromatic heterocycles. The number of anilines is 2. The van der Waals surface area contributed by atoms with Gasteiger partial charge in [-0.1, -0.05) is 50.7 Å². The third-order valence-electron chi connectivity index (χ3n) is 5.75. The quantitative estimate of drug-likeness (QED) is 0.571. The number of aromatic nitrogens is 2. The number of fused-ring (bicyclic) bond motifs is 2. The molecule has 1 aromatic carbocycles. The molecule has 0 spiro atoms. The lowest BCUT2D eigenvalue weighted by Gasteiger charge is -2.40. The highest BCUT2D eigenvalue weighted by Crippen LogP contribution is 2.48. The second-order valence-electron chi connectivity index (χ2n) is 8.86. The van der Waals surface area contributed by atoms with E-state index in [1.165, 1.54) is 11.8 Å². The van der Waals surface area contributed by atoms with E-state index in [4.69, 9.17) is 0 Å². The number of Topliss-reactive ketones (excluding diaryl/α,β-unsaturated/α-hetero) is 1. The second-order valence-corrected chi connectivity index (χ2v) is 10.1. The minimum Gasteiger partial charge on any atom is -0.378 e. The molecule has 2 N–H and O–H groups in total. The van der Waals surface area contributed by atoms with Gasteiger partial charge < -0.3 is 15.2 Å². The topological polar surface area (TPSA) is 78.1 Å². The number of nitrogens with one attached hydrogen (secondary N) is 2. The van der Waals surface area contributed by atoms with Crippen LogP contribution >= 0.6 is 11.8 Å². The zero-order chi connectivity index (χ0) is 21.6. The Morgan fingerprint density at radius 2 is 1.87 bits per heavy atom. The smallest absolute Gasteiger partial charge is 0.257 e. The fraction of sp³-hybridized carbons (Fsp3) is 0.435. The number of ketones is 1. The third-order valence-corrected chi connectivity index (χ3v) is 6.50. The fourth-order valence-electron chi connectivity index (χ4n) is 4.47. The van der Waals surface area contributed by atoms with Gasteiger partial charge in [-0.2, -0.15) is 0 Å². The summed E-state index contributed by atoms with van der Waals surface area (Å²) < 4.78 is 0. The Morgan fingerprint density at radius 1 is 1.17 bits per heavy atom. The van der Waals surface area contributed by atoms with Gasteiger partial charge >= 0.3 is 0 Å². The summed E-state index contributed by atoms with van der Waals surface area (Å²) in [6.07, 6.45) is 2.60. The number of H-pyrrole nitrogens is 1. The molecule has 30 heavy (non-hydrogen) atoms. The third kappa shape index (κ3) is 3.67. The lowest BCUT2D eigenvalue weighted by atomic mass is 9.67. The number of allylic oxidation sites excluding steroid dienone is 2. The van der Waals surface area contributed by atoms with Crippen LogP contribution < -0.4 is 15.8 Å². The van der Waals surface area contributed by atoms with Crippen LogP contribution in [0.5, 0.6) is 0 Å². The molecule has 0 radical (unpaired) electrons. The van der Waals surface area contributed by atoms with Crippen molar-refractivity contribution < 1.29 is 4.79 Å². The number of benzene rings is 1. The van der Waals surface area contributed by atoms with Crippen LogP contribution in [0.25, 0.3) is 0 Å². The first-order chi connectivity index (χ1) is 14.2. The van der Waals surface area contributed by atoms with Gasteiger partial charge in [-0.3, -0.25) is 9.59 Å². The molecule has 1 aliphatic carbocycles. The lowest BCUT2D eigenvalue weighted by Crippen LogP contribution is -2.41. The van der Waals surface area contributed by atoms with Crippen LogP contribution in [0, 0.1) is 11.3 Å². The van der Waals surface area contributed by atoms with E-state index in [0.717, 1.165) is 22.7 Å². The Balaban J connectivity index is 1.92. The molecular weight excluding hydrogens is 396 g/mol. The summed E-state index contributed by atoms with van der Waals surface area (Å²) in [5, 5.41) is 3.93. The van der Waals surface area contributed by atoms with Crippen molar-refractivity contribution in [3.8, 4) is 0 Å². The summed E-state index contributed by atoms with van der Waals surface area (Å²) in [6.45, 7) is 6.15. The van der Waals surface area contributed by atoms with Crippen molar-refractivity contribution in [1.82, 2.24) is 9.97 Å². The zero-order valence-corrected chi connectivity index (χ0v) is 18.9. The maximum atomic E-state index is 13.3. The number of rotatable bonds is 4. The van der Waals surface area contributed by atoms with Crippen molar-refractivity contribution in [3.63, 3.8) is 0 Å². The van der Waals surface area contributed by atoms with E-state index in [9.17, 15) is 9.59 Å². The van der Waals surface area contributed by atoms with Crippen molar-refractivity contribution in [1.29, 1.82) is 0 Å². The number of carbonyl (C=O) groups excluding carboxylic acids is 1. The van der Waals surface area contributed by atoms with E-state index in [2.05, 4.69) is 35.2 Å². The van der Waals surface area contributed by atoms with Crippen LogP contribution in [0.2, 0.25) is 0 Å². The van der Waals surface area contributed by atoms with Gasteiger partial charge in [-0.05, 0) is 28.9 Å². The predicted octanol–water partition coefficient (Wildman–Crippen LogP) is 4.00. The van der Waals surface area contributed by atoms with Gasteiger partial charge in [-0.25, -0.2) is 4.98 Å². The van der Waals surface area contributed by atoms with Crippen LogP contribution in [-0.4, -0.2) is 35.6 Å². The van der Waals surface area contributed by atoms with E-state index in [1.54, 1.807) is 0 Å². The van der Waals surface area contributed by atoms with Crippen molar-refractivity contribution >= 4 is 29.1 Å². The SMILES string of the molecule is CCSc1nc2c(c(=O)[nH]1)[C@@H](c1ccc(N(C)C)cc1)[C@@H]1C(=O)CC(C)(C)C=C1N2. The van der Waals surface area contributed by atoms with Crippen LogP contribution in [0.3, 0.4) is 0 Å². The molecule has 0 saturated heterocycles. The van der Waals surface area contributed by atoms with Crippen molar-refractivity contribution in [2.45, 2.75) is 38.3 Å². The first-order valence-corrected chi connectivity index (χ1v) is 11.3. The summed E-state index contributed by atoms with van der Waals surface area (Å²) in [5.74, 6) is 0.772. The largest absolute Gasteiger partial charge is 0.378 e. The molecule has 0 amide bonds. The van der Waals surface area contributed by atoms with Crippen LogP contribution in [0.15, 0.2) is 46.0 Å². The van der Waals surface area contributed by atoms with Gasteiger partial charge in [0.15, 0.2) is 5.16 Å². The molecule has 0 saturated carbocycles. The minimum absolute atomic E-state index is 0.156. The summed E-state index contributed by atoms with van der Waals surface area (Å²) in [4.78, 5) is 36.0. The van der Waals surface area contributed by atoms with Gasteiger partial charge in [-0.15, -0.1) is 0 Å². The predicted molar refractivity (Wildman–Crippen MR) is 122 cm³/mol. The number of thioether (sulfide) groups is 1. The molecule has 158 valence electrons. The highest BCUT2D eigenvalue weighted by atomic mass is 32.2. The van der Waals surface area contributed by atoms with Crippen molar-refractivity contribution in [2.24, 2.45) is 11.3 Å². The molecule has 6 nitrogen and oxygen atoms in total. The Labute approximate surface area is 181 Å². The molecule has 2 heterocycles. The fourth-order valence-corrected chi connectivity index (χ4v) is 5.06. The molecule has 7 heteroatoms. The van der Waals surface area contributed by atoms with Gasteiger partial charge in [0.2, 0.25) is 0 Å². The first-order valence-electron chi connectivity index (χ1n) is 10.3. The number of hydrogen-bond donors (Lipinski definition) is 2. The normalized spacial score (nSPS) is 21.9. The maximum Gasteiger partial charge on any atom is 0.257 e. The minimum atomic E-state index is -0.400. The second kappa shape index (κ2) is 7.61. The summed E-state index contributed by atoms with van der Waals surface area (Å²) in [7, 11) is 3.98. The van der Waals surface area contributed by atoms with Crippen LogP contribution in [0.1, 0.15) is 44.2 Å². The molecule has 4 rings (SSSR count). The average molecular weight is 425 g/mol. The number of hydrogen-bond acceptors (Lipinski definition) is 6. The summed E-state index contributed by atoms with van der Waals surface area (Å²) in [5.41, 5.74) is 3.02. The summed E-state index contributed by atoms with van der Waals surface area (Å²) in [6, 6.07) is 8.10. The Bertz CT molecular complexity index is 1070. The molecule has 2 atom stereocenters. The van der Waals surface area contributed by atoms with E-state index in [1.807, 2.05) is 50.2 Å². The summed E-state index contributed by atoms with van der Waals surface area (Å²) >= 11 is 1.50. The first kappa shape index (κ1) is 20.7. The number of aromatic amines is 1. The molecule has 0 fully saturated rings. The molecule has 0 bridgehead atoms. The van der Waals surface area contributed by atoms with E-state index >= 15 is 0 Å². The molecular formula is C23H28N4O2S.